The summed E-state index contributed by atoms with van der Waals surface area (Å²) in [5.41, 5.74) is 0.416. The van der Waals surface area contributed by atoms with Gasteiger partial charge in [0.25, 0.3) is 0 Å². The molecule has 42 heavy (non-hydrogen) atoms. The largest absolute Gasteiger partial charge is 0.487 e. The van der Waals surface area contributed by atoms with Crippen molar-refractivity contribution in [2.45, 2.75) is 6.18 Å². The molecule has 0 aliphatic rings. The first-order valence-electron chi connectivity index (χ1n) is 12.5. The summed E-state index contributed by atoms with van der Waals surface area (Å²) in [6.45, 7) is 1.37. The van der Waals surface area contributed by atoms with Crippen molar-refractivity contribution in [2.24, 2.45) is 0 Å². The lowest BCUT2D eigenvalue weighted by atomic mass is 10.2. The Morgan fingerprint density at radius 2 is 1.48 bits per heavy atom. The molecule has 3 N–H and O–H groups in total. The molecule has 1 aromatic heterocycles. The molecule has 3 aromatic carbocycles. The van der Waals surface area contributed by atoms with Crippen LogP contribution in [0.5, 0.6) is 11.5 Å². The smallest absolute Gasteiger partial charge is 0.417 e. The molecule has 0 radical (unpaired) electrons. The zero-order valence-corrected chi connectivity index (χ0v) is 23.3. The zero-order chi connectivity index (χ0) is 30.1. The second-order valence-electron chi connectivity index (χ2n) is 8.70. The van der Waals surface area contributed by atoms with Gasteiger partial charge in [-0.3, -0.25) is 0 Å². The summed E-state index contributed by atoms with van der Waals surface area (Å²) >= 11 is 5.65. The van der Waals surface area contributed by atoms with E-state index in [1.807, 2.05) is 0 Å². The van der Waals surface area contributed by atoms with E-state index in [1.54, 1.807) is 50.6 Å². The first-order valence-corrected chi connectivity index (χ1v) is 12.9. The topological polar surface area (TPSA) is 116 Å². The molecule has 222 valence electrons. The summed E-state index contributed by atoms with van der Waals surface area (Å²) in [5.74, 6) is 1.42. The van der Waals surface area contributed by atoms with Gasteiger partial charge in [0, 0.05) is 42.7 Å². The molecule has 0 atom stereocenters. The maximum Gasteiger partial charge on any atom is 0.417 e. The number of amides is 2. The number of hydrogen-bond donors (Lipinski definition) is 3. The SMILES string of the molecule is COCCOc1cc2ncnc(Nc3cccc(NC(=O)Nc4ccc(Cl)c(C(F)(F)F)c4)c3)c2cc1OCCOC. The summed E-state index contributed by atoms with van der Waals surface area (Å²) in [6, 6.07) is 12.6. The van der Waals surface area contributed by atoms with Gasteiger partial charge in [-0.15, -0.1) is 0 Å². The van der Waals surface area contributed by atoms with E-state index in [-0.39, 0.29) is 5.69 Å². The number of rotatable bonds is 12. The standard InChI is InChI=1S/C28H27ClF3N5O5/c1-39-8-10-41-24-14-20-23(15-25(24)42-11-9-40-2)33-16-34-26(20)35-17-4-3-5-18(12-17)36-27(38)37-19-6-7-22(29)21(13-19)28(30,31)32/h3-7,12-16H,8-11H2,1-2H3,(H,33,34,35)(H2,36,37,38). The van der Waals surface area contributed by atoms with E-state index in [9.17, 15) is 18.0 Å². The number of carbonyl (C=O) groups is 1. The Bertz CT molecular complexity index is 1540. The Kier molecular flexibility index (Phi) is 10.2. The second kappa shape index (κ2) is 14.0. The number of anilines is 4. The number of benzene rings is 3. The number of nitrogens with zero attached hydrogens (tertiary/aromatic N) is 2. The van der Waals surface area contributed by atoms with E-state index in [0.717, 1.165) is 12.1 Å². The number of fused-ring (bicyclic) bond motifs is 1. The second-order valence-corrected chi connectivity index (χ2v) is 9.11. The molecule has 0 saturated heterocycles. The molecule has 0 unspecified atom stereocenters. The minimum Gasteiger partial charge on any atom is -0.487 e. The van der Waals surface area contributed by atoms with Gasteiger partial charge in [-0.2, -0.15) is 13.2 Å². The summed E-state index contributed by atoms with van der Waals surface area (Å²) in [5, 5.41) is 8.36. The van der Waals surface area contributed by atoms with Crippen LogP contribution in [0, 0.1) is 0 Å². The van der Waals surface area contributed by atoms with E-state index in [4.69, 9.17) is 30.5 Å². The van der Waals surface area contributed by atoms with Crippen molar-refractivity contribution < 1.29 is 36.9 Å². The number of ether oxygens (including phenoxy) is 4. The van der Waals surface area contributed by atoms with Crippen LogP contribution in [-0.4, -0.2) is 56.6 Å². The molecule has 10 nitrogen and oxygen atoms in total. The van der Waals surface area contributed by atoms with Crippen molar-refractivity contribution in [1.82, 2.24) is 9.97 Å². The van der Waals surface area contributed by atoms with Crippen LogP contribution in [0.1, 0.15) is 5.56 Å². The number of urea groups is 1. The molecule has 0 fully saturated rings. The van der Waals surface area contributed by atoms with E-state index in [1.165, 1.54) is 12.4 Å². The van der Waals surface area contributed by atoms with E-state index >= 15 is 0 Å². The predicted octanol–water partition coefficient (Wildman–Crippen LogP) is 6.74. The minimum atomic E-state index is -4.66. The Morgan fingerprint density at radius 1 is 0.833 bits per heavy atom. The minimum absolute atomic E-state index is 0.0694. The predicted molar refractivity (Wildman–Crippen MR) is 153 cm³/mol. The molecule has 14 heteroatoms. The molecule has 0 saturated carbocycles. The Labute approximate surface area is 244 Å². The molecule has 4 aromatic rings. The van der Waals surface area contributed by atoms with Crippen molar-refractivity contribution >= 4 is 51.4 Å². The van der Waals surface area contributed by atoms with Crippen molar-refractivity contribution in [2.75, 3.05) is 56.6 Å². The summed E-state index contributed by atoms with van der Waals surface area (Å²) in [7, 11) is 3.15. The number of halogens is 4. The van der Waals surface area contributed by atoms with Gasteiger partial charge in [0.05, 0.1) is 29.3 Å². The fourth-order valence-electron chi connectivity index (χ4n) is 3.78. The Morgan fingerprint density at radius 3 is 2.14 bits per heavy atom. The van der Waals surface area contributed by atoms with Gasteiger partial charge in [-0.1, -0.05) is 17.7 Å². The van der Waals surface area contributed by atoms with Crippen LogP contribution < -0.4 is 25.4 Å². The van der Waals surface area contributed by atoms with Gasteiger partial charge >= 0.3 is 12.2 Å². The first kappa shape index (κ1) is 30.6. The van der Waals surface area contributed by atoms with E-state index < -0.39 is 22.8 Å². The maximum atomic E-state index is 13.2. The average molecular weight is 606 g/mol. The average Bonchev–Trinajstić information content (AvgIpc) is 2.94. The van der Waals surface area contributed by atoms with Crippen LogP contribution in [0.25, 0.3) is 10.9 Å². The molecular formula is C28H27ClF3N5O5. The van der Waals surface area contributed by atoms with Gasteiger partial charge in [-0.25, -0.2) is 14.8 Å². The highest BCUT2D eigenvalue weighted by molar-refractivity contribution is 6.31. The Balaban J connectivity index is 1.52. The van der Waals surface area contributed by atoms with Crippen molar-refractivity contribution in [3.8, 4) is 11.5 Å². The summed E-state index contributed by atoms with van der Waals surface area (Å²) < 4.78 is 61.3. The molecule has 4 rings (SSSR count). The molecule has 1 heterocycles. The van der Waals surface area contributed by atoms with E-state index in [2.05, 4.69) is 25.9 Å². The number of nitrogens with one attached hydrogen (secondary N) is 3. The summed E-state index contributed by atoms with van der Waals surface area (Å²) in [4.78, 5) is 21.2. The molecular weight excluding hydrogens is 579 g/mol. The van der Waals surface area contributed by atoms with Crippen LogP contribution in [0.3, 0.4) is 0 Å². The third kappa shape index (κ3) is 8.12. The fourth-order valence-corrected chi connectivity index (χ4v) is 4.01. The van der Waals surface area contributed by atoms with Crippen molar-refractivity contribution in [1.29, 1.82) is 0 Å². The monoisotopic (exact) mass is 605 g/mol. The van der Waals surface area contributed by atoms with Crippen LogP contribution in [-0.2, 0) is 15.7 Å². The van der Waals surface area contributed by atoms with Crippen LogP contribution >= 0.6 is 11.6 Å². The third-order valence-electron chi connectivity index (χ3n) is 5.70. The lowest BCUT2D eigenvalue weighted by Crippen LogP contribution is -2.20. The van der Waals surface area contributed by atoms with Crippen LogP contribution in [0.4, 0.5) is 40.8 Å². The maximum absolute atomic E-state index is 13.2. The number of aromatic nitrogens is 2. The zero-order valence-electron chi connectivity index (χ0n) is 22.5. The lowest BCUT2D eigenvalue weighted by molar-refractivity contribution is -0.137. The highest BCUT2D eigenvalue weighted by Crippen LogP contribution is 2.37. The van der Waals surface area contributed by atoms with Gasteiger partial charge in [0.15, 0.2) is 11.5 Å². The van der Waals surface area contributed by atoms with Gasteiger partial charge in [0.1, 0.15) is 25.4 Å². The molecule has 0 aliphatic carbocycles. The molecule has 0 bridgehead atoms. The van der Waals surface area contributed by atoms with E-state index in [0.29, 0.717) is 66.0 Å². The number of methoxy groups -OCH3 is 2. The molecule has 0 spiro atoms. The highest BCUT2D eigenvalue weighted by Gasteiger charge is 2.33. The van der Waals surface area contributed by atoms with Gasteiger partial charge in [-0.05, 0) is 42.5 Å². The van der Waals surface area contributed by atoms with Gasteiger partial charge < -0.3 is 34.9 Å². The quantitative estimate of drug-likeness (QED) is 0.152. The summed E-state index contributed by atoms with van der Waals surface area (Å²) in [6.07, 6.45) is -3.27. The van der Waals surface area contributed by atoms with Crippen molar-refractivity contribution in [3.05, 3.63) is 71.5 Å². The fraction of sp³-hybridized carbons (Fsp3) is 0.250. The Hall–Kier alpha value is -4.33. The highest BCUT2D eigenvalue weighted by atomic mass is 35.5. The third-order valence-corrected chi connectivity index (χ3v) is 6.03. The number of alkyl halides is 3. The lowest BCUT2D eigenvalue weighted by Gasteiger charge is -2.15. The number of carbonyl (C=O) groups excluding carboxylic acids is 1. The van der Waals surface area contributed by atoms with Crippen LogP contribution in [0.2, 0.25) is 5.02 Å². The van der Waals surface area contributed by atoms with Crippen molar-refractivity contribution in [3.63, 3.8) is 0 Å². The van der Waals surface area contributed by atoms with Crippen LogP contribution in [0.15, 0.2) is 60.9 Å². The number of hydrogen-bond acceptors (Lipinski definition) is 8. The first-order chi connectivity index (χ1) is 20.2. The van der Waals surface area contributed by atoms with Gasteiger partial charge in [0.2, 0.25) is 0 Å². The molecule has 0 aliphatic heterocycles. The normalized spacial score (nSPS) is 11.3. The molecule has 2 amide bonds.